The Balaban J connectivity index is 3.77. The Morgan fingerprint density at radius 1 is 1.50 bits per heavy atom. The van der Waals surface area contributed by atoms with Gasteiger partial charge in [0.05, 0.1) is 0 Å². The molecule has 0 aromatic heterocycles. The van der Waals surface area contributed by atoms with Crippen molar-refractivity contribution in [3.63, 3.8) is 0 Å². The third-order valence-electron chi connectivity index (χ3n) is 1.84. The van der Waals surface area contributed by atoms with E-state index in [1.54, 1.807) is 6.92 Å². The van der Waals surface area contributed by atoms with Crippen LogP contribution in [0.15, 0.2) is 0 Å². The van der Waals surface area contributed by atoms with Gasteiger partial charge < -0.3 is 5.32 Å². The Hall–Kier alpha value is -0.240. The number of hydrogen-bond acceptors (Lipinski definition) is 1. The SMILES string of the molecule is CCCC(CC)NC(=O)C(C)Cl. The molecule has 0 saturated heterocycles. The molecular formula is C9H18ClNO. The number of halogens is 1. The van der Waals surface area contributed by atoms with Crippen LogP contribution in [0.3, 0.4) is 0 Å². The lowest BCUT2D eigenvalue weighted by atomic mass is 10.1. The quantitative estimate of drug-likeness (QED) is 0.664. The highest BCUT2D eigenvalue weighted by atomic mass is 35.5. The molecule has 0 aliphatic rings. The highest BCUT2D eigenvalue weighted by Gasteiger charge is 2.13. The van der Waals surface area contributed by atoms with Crippen LogP contribution in [-0.4, -0.2) is 17.3 Å². The van der Waals surface area contributed by atoms with Crippen molar-refractivity contribution in [1.82, 2.24) is 5.32 Å². The molecule has 1 amide bonds. The number of rotatable bonds is 5. The van der Waals surface area contributed by atoms with Gasteiger partial charge in [0, 0.05) is 6.04 Å². The van der Waals surface area contributed by atoms with Crippen molar-refractivity contribution in [2.45, 2.75) is 51.5 Å². The van der Waals surface area contributed by atoms with E-state index in [0.717, 1.165) is 19.3 Å². The second-order valence-electron chi connectivity index (χ2n) is 3.02. The van der Waals surface area contributed by atoms with Crippen molar-refractivity contribution < 1.29 is 4.79 Å². The molecule has 0 aliphatic carbocycles. The second-order valence-corrected chi connectivity index (χ2v) is 3.67. The van der Waals surface area contributed by atoms with Gasteiger partial charge in [-0.1, -0.05) is 20.3 Å². The van der Waals surface area contributed by atoms with Gasteiger partial charge in [0.15, 0.2) is 0 Å². The van der Waals surface area contributed by atoms with Crippen LogP contribution >= 0.6 is 11.6 Å². The van der Waals surface area contributed by atoms with Crippen molar-refractivity contribution in [1.29, 1.82) is 0 Å². The minimum Gasteiger partial charge on any atom is -0.352 e. The van der Waals surface area contributed by atoms with Gasteiger partial charge in [0.1, 0.15) is 5.38 Å². The van der Waals surface area contributed by atoms with E-state index < -0.39 is 5.38 Å². The third-order valence-corrected chi connectivity index (χ3v) is 2.04. The van der Waals surface area contributed by atoms with Crippen LogP contribution in [0.4, 0.5) is 0 Å². The number of alkyl halides is 1. The van der Waals surface area contributed by atoms with Gasteiger partial charge in [-0.25, -0.2) is 0 Å². The maximum atomic E-state index is 11.1. The number of amides is 1. The molecule has 2 unspecified atom stereocenters. The van der Waals surface area contributed by atoms with Crippen LogP contribution in [0.5, 0.6) is 0 Å². The molecule has 0 saturated carbocycles. The average Bonchev–Trinajstić information content (AvgIpc) is 2.03. The lowest BCUT2D eigenvalue weighted by Gasteiger charge is -2.16. The summed E-state index contributed by atoms with van der Waals surface area (Å²) in [6.07, 6.45) is 3.10. The molecule has 72 valence electrons. The van der Waals surface area contributed by atoms with Crippen molar-refractivity contribution in [3.05, 3.63) is 0 Å². The Bertz CT molecular complexity index is 136. The molecule has 0 aromatic rings. The second kappa shape index (κ2) is 6.30. The summed E-state index contributed by atoms with van der Waals surface area (Å²) in [6, 6.07) is 0.295. The third kappa shape index (κ3) is 4.60. The number of carbonyl (C=O) groups excluding carboxylic acids is 1. The van der Waals surface area contributed by atoms with Crippen LogP contribution < -0.4 is 5.32 Å². The standard InChI is InChI=1S/C9H18ClNO/c1-4-6-8(5-2)11-9(12)7(3)10/h7-8H,4-6H2,1-3H3,(H,11,12). The van der Waals surface area contributed by atoms with Crippen LogP contribution in [-0.2, 0) is 4.79 Å². The first-order valence-electron chi connectivity index (χ1n) is 4.56. The summed E-state index contributed by atoms with van der Waals surface area (Å²) in [5, 5.41) is 2.48. The molecular weight excluding hydrogens is 174 g/mol. The first-order chi connectivity index (χ1) is 5.61. The van der Waals surface area contributed by atoms with E-state index in [2.05, 4.69) is 19.2 Å². The topological polar surface area (TPSA) is 29.1 Å². The maximum absolute atomic E-state index is 11.1. The van der Waals surface area contributed by atoms with Crippen LogP contribution in [0, 0.1) is 0 Å². The first kappa shape index (κ1) is 11.8. The normalized spacial score (nSPS) is 15.3. The highest BCUT2D eigenvalue weighted by Crippen LogP contribution is 2.02. The summed E-state index contributed by atoms with van der Waals surface area (Å²) in [4.78, 5) is 11.1. The predicted octanol–water partition coefficient (Wildman–Crippen LogP) is 2.31. The molecule has 0 aromatic carbocycles. The van der Waals surface area contributed by atoms with E-state index in [1.165, 1.54) is 0 Å². The van der Waals surface area contributed by atoms with Gasteiger partial charge in [0.25, 0.3) is 0 Å². The zero-order valence-electron chi connectivity index (χ0n) is 8.06. The van der Waals surface area contributed by atoms with Crippen molar-refractivity contribution >= 4 is 17.5 Å². The Morgan fingerprint density at radius 3 is 2.42 bits per heavy atom. The van der Waals surface area contributed by atoms with Gasteiger partial charge in [-0.15, -0.1) is 11.6 Å². The minimum atomic E-state index is -0.420. The van der Waals surface area contributed by atoms with E-state index in [4.69, 9.17) is 11.6 Å². The zero-order chi connectivity index (χ0) is 9.56. The molecule has 2 nitrogen and oxygen atoms in total. The summed E-state index contributed by atoms with van der Waals surface area (Å²) in [5.74, 6) is -0.0584. The first-order valence-corrected chi connectivity index (χ1v) is 4.99. The lowest BCUT2D eigenvalue weighted by molar-refractivity contribution is -0.121. The minimum absolute atomic E-state index is 0.0584. The van der Waals surface area contributed by atoms with Crippen LogP contribution in [0.25, 0.3) is 0 Å². The molecule has 0 aliphatic heterocycles. The molecule has 0 fully saturated rings. The molecule has 1 N–H and O–H groups in total. The Labute approximate surface area is 79.7 Å². The fourth-order valence-corrected chi connectivity index (χ4v) is 1.11. The summed E-state index contributed by atoms with van der Waals surface area (Å²) >= 11 is 5.62. The van der Waals surface area contributed by atoms with Gasteiger partial charge in [-0.05, 0) is 19.8 Å². The fraction of sp³-hybridized carbons (Fsp3) is 0.889. The Kier molecular flexibility index (Phi) is 6.17. The summed E-state index contributed by atoms with van der Waals surface area (Å²) < 4.78 is 0. The number of nitrogens with one attached hydrogen (secondary N) is 1. The number of hydrogen-bond donors (Lipinski definition) is 1. The van der Waals surface area contributed by atoms with Crippen LogP contribution in [0.2, 0.25) is 0 Å². The van der Waals surface area contributed by atoms with Gasteiger partial charge in [-0.2, -0.15) is 0 Å². The van der Waals surface area contributed by atoms with E-state index in [9.17, 15) is 4.79 Å². The van der Waals surface area contributed by atoms with E-state index in [0.29, 0.717) is 6.04 Å². The highest BCUT2D eigenvalue weighted by molar-refractivity contribution is 6.30. The van der Waals surface area contributed by atoms with Gasteiger partial charge in [0.2, 0.25) is 5.91 Å². The molecule has 0 rings (SSSR count). The van der Waals surface area contributed by atoms with E-state index >= 15 is 0 Å². The molecule has 0 bridgehead atoms. The maximum Gasteiger partial charge on any atom is 0.237 e. The summed E-state index contributed by atoms with van der Waals surface area (Å²) in [5.41, 5.74) is 0. The molecule has 0 heterocycles. The number of carbonyl (C=O) groups is 1. The summed E-state index contributed by atoms with van der Waals surface area (Å²) in [7, 11) is 0. The molecule has 0 spiro atoms. The molecule has 12 heavy (non-hydrogen) atoms. The lowest BCUT2D eigenvalue weighted by Crippen LogP contribution is -2.38. The van der Waals surface area contributed by atoms with Crippen molar-refractivity contribution in [3.8, 4) is 0 Å². The van der Waals surface area contributed by atoms with E-state index in [1.807, 2.05) is 0 Å². The average molecular weight is 192 g/mol. The largest absolute Gasteiger partial charge is 0.352 e. The monoisotopic (exact) mass is 191 g/mol. The van der Waals surface area contributed by atoms with Crippen molar-refractivity contribution in [2.75, 3.05) is 0 Å². The molecule has 2 atom stereocenters. The molecule has 3 heteroatoms. The predicted molar refractivity (Wildman–Crippen MR) is 52.4 cm³/mol. The molecule has 0 radical (unpaired) electrons. The van der Waals surface area contributed by atoms with Crippen LogP contribution in [0.1, 0.15) is 40.0 Å². The smallest absolute Gasteiger partial charge is 0.237 e. The zero-order valence-corrected chi connectivity index (χ0v) is 8.82. The van der Waals surface area contributed by atoms with Gasteiger partial charge in [-0.3, -0.25) is 4.79 Å². The Morgan fingerprint density at radius 2 is 2.08 bits per heavy atom. The summed E-state index contributed by atoms with van der Waals surface area (Å²) in [6.45, 7) is 5.87. The fourth-order valence-electron chi connectivity index (χ4n) is 1.04. The van der Waals surface area contributed by atoms with E-state index in [-0.39, 0.29) is 5.91 Å². The van der Waals surface area contributed by atoms with Gasteiger partial charge >= 0.3 is 0 Å². The van der Waals surface area contributed by atoms with Crippen molar-refractivity contribution in [2.24, 2.45) is 0 Å².